The Labute approximate surface area is 176 Å². The summed E-state index contributed by atoms with van der Waals surface area (Å²) in [5.74, 6) is -0.453. The van der Waals surface area contributed by atoms with Gasteiger partial charge in [-0.05, 0) is 31.2 Å². The zero-order valence-corrected chi connectivity index (χ0v) is 17.0. The molecule has 0 aliphatic rings. The number of benzene rings is 1. The van der Waals surface area contributed by atoms with Crippen molar-refractivity contribution >= 4 is 35.1 Å². The van der Waals surface area contributed by atoms with Gasteiger partial charge in [-0.2, -0.15) is 25.8 Å². The molecule has 0 saturated carbocycles. The lowest BCUT2D eigenvalue weighted by molar-refractivity contribution is -0.137. The number of alkyl halides is 3. The van der Waals surface area contributed by atoms with Crippen molar-refractivity contribution in [1.82, 2.24) is 24.1 Å². The maximum atomic E-state index is 13.4. The molecule has 6 nitrogen and oxygen atoms in total. The molecule has 0 spiro atoms. The third-order valence-corrected chi connectivity index (χ3v) is 5.78. The number of aromatic nitrogens is 5. The maximum absolute atomic E-state index is 13.4. The Morgan fingerprint density at radius 1 is 1.20 bits per heavy atom. The number of thiazole rings is 1. The van der Waals surface area contributed by atoms with Crippen LogP contribution in [0.2, 0.25) is 0 Å². The van der Waals surface area contributed by atoms with Crippen LogP contribution in [-0.4, -0.2) is 24.1 Å². The Morgan fingerprint density at radius 3 is 2.50 bits per heavy atom. The van der Waals surface area contributed by atoms with Gasteiger partial charge in [-0.25, -0.2) is 19.3 Å². The Balaban J connectivity index is 1.96. The number of thiol groups is 1. The largest absolute Gasteiger partial charge is 0.443 e. The Morgan fingerprint density at radius 2 is 1.90 bits per heavy atom. The highest BCUT2D eigenvalue weighted by molar-refractivity contribution is 7.80. The summed E-state index contributed by atoms with van der Waals surface area (Å²) in [7, 11) is 0. The molecule has 4 rings (SSSR count). The van der Waals surface area contributed by atoms with Crippen molar-refractivity contribution in [1.29, 1.82) is 0 Å². The number of halogens is 4. The van der Waals surface area contributed by atoms with E-state index in [0.29, 0.717) is 17.9 Å². The number of aryl methyl sites for hydroxylation is 1. The van der Waals surface area contributed by atoms with Crippen molar-refractivity contribution in [3.8, 4) is 5.69 Å². The standard InChI is InChI=1S/C18H13F4N5OS2/c1-2-26-8-23-12-14(26)25-15(13(29)11-7-30-17(24-11)18(20,21)22)27(16(12)28)10-5-3-9(19)4-6-10/h3-8,13,29H,2H2,1H3. The van der Waals surface area contributed by atoms with E-state index in [0.717, 1.165) is 0 Å². The molecule has 12 heteroatoms. The molecule has 156 valence electrons. The van der Waals surface area contributed by atoms with Crippen LogP contribution in [-0.2, 0) is 12.7 Å². The first-order chi connectivity index (χ1) is 14.2. The van der Waals surface area contributed by atoms with Gasteiger partial charge < -0.3 is 4.57 Å². The van der Waals surface area contributed by atoms with E-state index in [1.807, 2.05) is 6.92 Å². The molecule has 3 heterocycles. The summed E-state index contributed by atoms with van der Waals surface area (Å²) in [6, 6.07) is 5.07. The normalized spacial score (nSPS) is 13.1. The summed E-state index contributed by atoms with van der Waals surface area (Å²) in [5, 5.41) is -0.838. The van der Waals surface area contributed by atoms with Crippen molar-refractivity contribution in [2.24, 2.45) is 0 Å². The van der Waals surface area contributed by atoms with Crippen molar-refractivity contribution in [3.05, 3.63) is 68.7 Å². The van der Waals surface area contributed by atoms with E-state index in [1.54, 1.807) is 4.57 Å². The molecule has 1 atom stereocenters. The molecule has 0 N–H and O–H groups in total. The number of hydrogen-bond acceptors (Lipinski definition) is 6. The van der Waals surface area contributed by atoms with E-state index in [2.05, 4.69) is 27.6 Å². The van der Waals surface area contributed by atoms with Crippen LogP contribution in [0.4, 0.5) is 17.6 Å². The first-order valence-corrected chi connectivity index (χ1v) is 10.0. The quantitative estimate of drug-likeness (QED) is 0.369. The summed E-state index contributed by atoms with van der Waals surface area (Å²) in [4.78, 5) is 25.4. The van der Waals surface area contributed by atoms with Crippen LogP contribution in [0.1, 0.15) is 28.7 Å². The number of rotatable bonds is 4. The van der Waals surface area contributed by atoms with E-state index >= 15 is 0 Å². The Kier molecular flexibility index (Phi) is 5.14. The van der Waals surface area contributed by atoms with Gasteiger partial charge in [-0.1, -0.05) is 0 Å². The summed E-state index contributed by atoms with van der Waals surface area (Å²) in [6.45, 7) is 2.32. The van der Waals surface area contributed by atoms with Gasteiger partial charge in [0.2, 0.25) is 0 Å². The molecule has 0 aliphatic heterocycles. The van der Waals surface area contributed by atoms with Gasteiger partial charge in [-0.3, -0.25) is 9.36 Å². The first-order valence-electron chi connectivity index (χ1n) is 8.65. The average Bonchev–Trinajstić information content (AvgIpc) is 3.35. The van der Waals surface area contributed by atoms with E-state index < -0.39 is 27.8 Å². The van der Waals surface area contributed by atoms with Crippen LogP contribution in [0.25, 0.3) is 16.9 Å². The molecule has 0 aliphatic carbocycles. The molecule has 0 radical (unpaired) electrons. The van der Waals surface area contributed by atoms with Crippen LogP contribution in [0.3, 0.4) is 0 Å². The second kappa shape index (κ2) is 7.51. The van der Waals surface area contributed by atoms with Gasteiger partial charge >= 0.3 is 6.18 Å². The van der Waals surface area contributed by atoms with Gasteiger partial charge in [0.1, 0.15) is 16.9 Å². The molecule has 0 bridgehead atoms. The van der Waals surface area contributed by atoms with Crippen molar-refractivity contribution < 1.29 is 17.6 Å². The molecule has 1 unspecified atom stereocenters. The second-order valence-corrected chi connectivity index (χ2v) is 7.64. The highest BCUT2D eigenvalue weighted by atomic mass is 32.1. The lowest BCUT2D eigenvalue weighted by Gasteiger charge is -2.16. The monoisotopic (exact) mass is 455 g/mol. The van der Waals surface area contributed by atoms with E-state index in [-0.39, 0.29) is 28.4 Å². The zero-order valence-electron chi connectivity index (χ0n) is 15.3. The summed E-state index contributed by atoms with van der Waals surface area (Å²) in [6.07, 6.45) is -3.14. The van der Waals surface area contributed by atoms with E-state index in [9.17, 15) is 22.4 Å². The highest BCUT2D eigenvalue weighted by Crippen LogP contribution is 2.36. The molecule has 0 amide bonds. The van der Waals surface area contributed by atoms with Gasteiger partial charge in [0.15, 0.2) is 16.2 Å². The molecule has 30 heavy (non-hydrogen) atoms. The van der Waals surface area contributed by atoms with Gasteiger partial charge in [0, 0.05) is 11.9 Å². The molecular weight excluding hydrogens is 442 g/mol. The third-order valence-electron chi connectivity index (χ3n) is 4.38. The second-order valence-electron chi connectivity index (χ2n) is 6.27. The summed E-state index contributed by atoms with van der Waals surface area (Å²) in [5.41, 5.74) is 0.0996. The molecule has 1 aromatic carbocycles. The molecule has 3 aromatic heterocycles. The fourth-order valence-electron chi connectivity index (χ4n) is 2.94. The van der Waals surface area contributed by atoms with E-state index in [4.69, 9.17) is 0 Å². The van der Waals surface area contributed by atoms with Crippen LogP contribution >= 0.6 is 24.0 Å². The van der Waals surface area contributed by atoms with Gasteiger partial charge in [0.25, 0.3) is 5.56 Å². The topological polar surface area (TPSA) is 65.6 Å². The van der Waals surface area contributed by atoms with Gasteiger partial charge in [0.05, 0.1) is 17.7 Å². The lowest BCUT2D eigenvalue weighted by atomic mass is 10.2. The minimum atomic E-state index is -4.59. The average molecular weight is 455 g/mol. The summed E-state index contributed by atoms with van der Waals surface area (Å²) >= 11 is 4.86. The van der Waals surface area contributed by atoms with Gasteiger partial charge in [-0.15, -0.1) is 11.3 Å². The Hall–Kier alpha value is -2.73. The molecule has 0 fully saturated rings. The minimum Gasteiger partial charge on any atom is -0.315 e. The van der Waals surface area contributed by atoms with Crippen molar-refractivity contribution in [2.75, 3.05) is 0 Å². The van der Waals surface area contributed by atoms with Crippen LogP contribution < -0.4 is 5.56 Å². The van der Waals surface area contributed by atoms with Crippen LogP contribution in [0.15, 0.2) is 40.8 Å². The number of fused-ring (bicyclic) bond motifs is 1. The molecule has 4 aromatic rings. The van der Waals surface area contributed by atoms with E-state index in [1.165, 1.54) is 40.5 Å². The predicted octanol–water partition coefficient (Wildman–Crippen LogP) is 4.24. The first kappa shape index (κ1) is 20.5. The van der Waals surface area contributed by atoms with Crippen LogP contribution in [0.5, 0.6) is 0 Å². The highest BCUT2D eigenvalue weighted by Gasteiger charge is 2.35. The van der Waals surface area contributed by atoms with Crippen LogP contribution in [0, 0.1) is 5.82 Å². The molecular formula is C18H13F4N5OS2. The maximum Gasteiger partial charge on any atom is 0.443 e. The third kappa shape index (κ3) is 3.49. The lowest BCUT2D eigenvalue weighted by Crippen LogP contribution is -2.25. The fraction of sp³-hybridized carbons (Fsp3) is 0.222. The summed E-state index contributed by atoms with van der Waals surface area (Å²) < 4.78 is 55.1. The number of imidazole rings is 1. The molecule has 0 saturated heterocycles. The predicted molar refractivity (Wildman–Crippen MR) is 107 cm³/mol. The van der Waals surface area contributed by atoms with Crippen molar-refractivity contribution in [3.63, 3.8) is 0 Å². The minimum absolute atomic E-state index is 0.000309. The number of nitrogens with zero attached hydrogens (tertiary/aromatic N) is 5. The number of hydrogen-bond donors (Lipinski definition) is 1. The SMILES string of the molecule is CCn1cnc2c(=O)n(-c3ccc(F)cc3)c(C(S)c3csc(C(F)(F)F)n3)nc21. The zero-order chi connectivity index (χ0) is 21.6. The Bertz CT molecular complexity index is 1280. The fourth-order valence-corrected chi connectivity index (χ4v) is 4.06. The smallest absolute Gasteiger partial charge is 0.315 e. The van der Waals surface area contributed by atoms with Crippen molar-refractivity contribution in [2.45, 2.75) is 24.9 Å².